The first kappa shape index (κ1) is 17.2. The maximum absolute atomic E-state index is 12.8. The van der Waals surface area contributed by atoms with E-state index >= 15 is 0 Å². The van der Waals surface area contributed by atoms with Crippen molar-refractivity contribution in [2.45, 2.75) is 44.6 Å². The van der Waals surface area contributed by atoms with Crippen LogP contribution in [0.3, 0.4) is 0 Å². The summed E-state index contributed by atoms with van der Waals surface area (Å²) in [4.78, 5) is 28.3. The van der Waals surface area contributed by atoms with Crippen molar-refractivity contribution < 1.29 is 19.4 Å². The molecule has 22 heavy (non-hydrogen) atoms. The average molecular weight is 312 g/mol. The largest absolute Gasteiger partial charge is 0.480 e. The number of carbonyl (C=O) groups is 2. The predicted octanol–water partition coefficient (Wildman–Crippen LogP) is 1.20. The van der Waals surface area contributed by atoms with Crippen molar-refractivity contribution in [3.05, 3.63) is 0 Å². The molecule has 1 amide bonds. The lowest BCUT2D eigenvalue weighted by Gasteiger charge is -2.37. The highest BCUT2D eigenvalue weighted by atomic mass is 16.5. The fourth-order valence-electron chi connectivity index (χ4n) is 3.51. The maximum Gasteiger partial charge on any atom is 0.319 e. The maximum atomic E-state index is 12.8. The van der Waals surface area contributed by atoms with Crippen LogP contribution in [0.2, 0.25) is 0 Å². The Labute approximate surface area is 132 Å². The predicted molar refractivity (Wildman–Crippen MR) is 82.6 cm³/mol. The van der Waals surface area contributed by atoms with Gasteiger partial charge in [0.15, 0.2) is 0 Å². The first-order valence-electron chi connectivity index (χ1n) is 8.25. The van der Waals surface area contributed by atoms with E-state index in [1.54, 1.807) is 4.90 Å². The summed E-state index contributed by atoms with van der Waals surface area (Å²) >= 11 is 0. The number of hydrogen-bond donors (Lipinski definition) is 1. The van der Waals surface area contributed by atoms with Gasteiger partial charge >= 0.3 is 5.97 Å². The highest BCUT2D eigenvalue weighted by molar-refractivity contribution is 6.02. The molecule has 2 aliphatic rings. The van der Waals surface area contributed by atoms with Crippen molar-refractivity contribution in [3.8, 4) is 0 Å². The van der Waals surface area contributed by atoms with Gasteiger partial charge < -0.3 is 19.6 Å². The first-order valence-corrected chi connectivity index (χ1v) is 8.25. The zero-order valence-corrected chi connectivity index (χ0v) is 13.7. The smallest absolute Gasteiger partial charge is 0.319 e. The van der Waals surface area contributed by atoms with E-state index in [2.05, 4.69) is 4.90 Å². The van der Waals surface area contributed by atoms with Crippen LogP contribution in [0, 0.1) is 5.41 Å². The molecule has 6 heteroatoms. The van der Waals surface area contributed by atoms with Crippen molar-refractivity contribution in [3.63, 3.8) is 0 Å². The quantitative estimate of drug-likeness (QED) is 0.746. The molecule has 1 saturated heterocycles. The minimum absolute atomic E-state index is 0.0323. The average Bonchev–Trinajstić information content (AvgIpc) is 2.97. The molecule has 1 aliphatic heterocycles. The fraction of sp³-hybridized carbons (Fsp3) is 0.875. The molecule has 2 rings (SSSR count). The van der Waals surface area contributed by atoms with Crippen LogP contribution in [0.25, 0.3) is 0 Å². The molecule has 0 radical (unpaired) electrons. The van der Waals surface area contributed by atoms with E-state index < -0.39 is 11.4 Å². The number of amides is 1. The highest BCUT2D eigenvalue weighted by Crippen LogP contribution is 2.40. The first-order chi connectivity index (χ1) is 10.5. The van der Waals surface area contributed by atoms with Crippen LogP contribution in [0.4, 0.5) is 0 Å². The number of rotatable bonds is 6. The van der Waals surface area contributed by atoms with Crippen LogP contribution in [-0.4, -0.2) is 73.2 Å². The Balaban J connectivity index is 1.93. The van der Waals surface area contributed by atoms with Crippen LogP contribution >= 0.6 is 0 Å². The van der Waals surface area contributed by atoms with Gasteiger partial charge in [0.2, 0.25) is 5.91 Å². The molecule has 1 heterocycles. The van der Waals surface area contributed by atoms with E-state index in [0.717, 1.165) is 32.2 Å². The summed E-state index contributed by atoms with van der Waals surface area (Å²) in [6.07, 6.45) is 4.56. The van der Waals surface area contributed by atoms with E-state index in [1.165, 1.54) is 0 Å². The van der Waals surface area contributed by atoms with Gasteiger partial charge in [-0.3, -0.25) is 9.59 Å². The van der Waals surface area contributed by atoms with E-state index in [4.69, 9.17) is 4.74 Å². The summed E-state index contributed by atoms with van der Waals surface area (Å²) in [5.41, 5.74) is -1.18. The molecule has 0 spiro atoms. The Bertz CT molecular complexity index is 405. The molecule has 0 bridgehead atoms. The van der Waals surface area contributed by atoms with E-state index in [9.17, 15) is 14.7 Å². The summed E-state index contributed by atoms with van der Waals surface area (Å²) in [6.45, 7) is 2.54. The monoisotopic (exact) mass is 312 g/mol. The van der Waals surface area contributed by atoms with Crippen LogP contribution in [0.15, 0.2) is 0 Å². The molecule has 0 aromatic rings. The Hall–Kier alpha value is -1.14. The molecule has 1 N–H and O–H groups in total. The molecule has 6 nitrogen and oxygen atoms in total. The van der Waals surface area contributed by atoms with Gasteiger partial charge in [0, 0.05) is 13.1 Å². The van der Waals surface area contributed by atoms with Gasteiger partial charge in [-0.15, -0.1) is 0 Å². The van der Waals surface area contributed by atoms with Crippen LogP contribution in [0.5, 0.6) is 0 Å². The summed E-state index contributed by atoms with van der Waals surface area (Å²) in [6, 6.07) is 0. The van der Waals surface area contributed by atoms with Gasteiger partial charge in [0.1, 0.15) is 5.41 Å². The third-order valence-corrected chi connectivity index (χ3v) is 4.83. The van der Waals surface area contributed by atoms with E-state index in [0.29, 0.717) is 32.5 Å². The Morgan fingerprint density at radius 2 is 2.00 bits per heavy atom. The molecule has 2 fully saturated rings. The van der Waals surface area contributed by atoms with E-state index in [1.807, 2.05) is 14.1 Å². The fourth-order valence-corrected chi connectivity index (χ4v) is 3.51. The number of nitrogens with zero attached hydrogens (tertiary/aromatic N) is 2. The number of hydrogen-bond acceptors (Lipinski definition) is 4. The van der Waals surface area contributed by atoms with Crippen molar-refractivity contribution in [2.75, 3.05) is 40.3 Å². The number of aliphatic carboxylic acids is 1. The summed E-state index contributed by atoms with van der Waals surface area (Å²) < 4.78 is 5.74. The lowest BCUT2D eigenvalue weighted by molar-refractivity contribution is -0.164. The molecule has 0 aromatic carbocycles. The van der Waals surface area contributed by atoms with Crippen LogP contribution in [0.1, 0.15) is 38.5 Å². The molecule has 1 aliphatic carbocycles. The number of carboxylic acid groups (broad SMARTS) is 1. The molecule has 1 saturated carbocycles. The lowest BCUT2D eigenvalue weighted by Crippen LogP contribution is -2.53. The minimum Gasteiger partial charge on any atom is -0.480 e. The number of carboxylic acids is 1. The van der Waals surface area contributed by atoms with Gasteiger partial charge in [0.25, 0.3) is 0 Å². The van der Waals surface area contributed by atoms with E-state index in [-0.39, 0.29) is 12.0 Å². The highest BCUT2D eigenvalue weighted by Gasteiger charge is 2.50. The zero-order chi connectivity index (χ0) is 16.2. The Kier molecular flexibility index (Phi) is 5.81. The molecule has 0 aromatic heterocycles. The zero-order valence-electron chi connectivity index (χ0n) is 13.7. The summed E-state index contributed by atoms with van der Waals surface area (Å²) in [5.74, 6) is -1.15. The molecular formula is C16H28N2O4. The molecule has 1 unspecified atom stereocenters. The number of ether oxygens (including phenoxy) is 1. The van der Waals surface area contributed by atoms with Crippen LogP contribution < -0.4 is 0 Å². The van der Waals surface area contributed by atoms with Gasteiger partial charge in [-0.25, -0.2) is 0 Å². The minimum atomic E-state index is -1.18. The molecule has 1 atom stereocenters. The second-order valence-electron chi connectivity index (χ2n) is 6.78. The van der Waals surface area contributed by atoms with Crippen LogP contribution in [-0.2, 0) is 14.3 Å². The van der Waals surface area contributed by atoms with Crippen molar-refractivity contribution in [1.82, 2.24) is 9.80 Å². The Morgan fingerprint density at radius 3 is 2.59 bits per heavy atom. The molecular weight excluding hydrogens is 284 g/mol. The summed E-state index contributed by atoms with van der Waals surface area (Å²) in [5, 5.41) is 9.55. The van der Waals surface area contributed by atoms with Crippen molar-refractivity contribution in [2.24, 2.45) is 5.41 Å². The number of morpholine rings is 1. The van der Waals surface area contributed by atoms with Gasteiger partial charge in [-0.2, -0.15) is 0 Å². The van der Waals surface area contributed by atoms with Gasteiger partial charge in [0.05, 0.1) is 12.7 Å². The number of carbonyl (C=O) groups excluding carboxylic acids is 1. The second kappa shape index (κ2) is 7.42. The lowest BCUT2D eigenvalue weighted by atomic mass is 9.84. The normalized spacial score (nSPS) is 24.7. The van der Waals surface area contributed by atoms with Gasteiger partial charge in [-0.1, -0.05) is 12.8 Å². The topological polar surface area (TPSA) is 70.1 Å². The van der Waals surface area contributed by atoms with Gasteiger partial charge in [-0.05, 0) is 46.3 Å². The third kappa shape index (κ3) is 3.79. The third-order valence-electron chi connectivity index (χ3n) is 4.83. The summed E-state index contributed by atoms with van der Waals surface area (Å²) in [7, 11) is 4.07. The second-order valence-corrected chi connectivity index (χ2v) is 6.78. The standard InChI is InChI=1S/C16H28N2O4/c1-17(2)9-5-6-13-12-18(10-11-22-13)14(19)16(15(20)21)7-3-4-8-16/h13H,3-12H2,1-2H3,(H,20,21). The molecule has 126 valence electrons. The van der Waals surface area contributed by atoms with Crippen molar-refractivity contribution >= 4 is 11.9 Å². The SMILES string of the molecule is CN(C)CCCC1CN(C(=O)C2(C(=O)O)CCCC2)CCO1. The Morgan fingerprint density at radius 1 is 1.32 bits per heavy atom. The van der Waals surface area contributed by atoms with Crippen molar-refractivity contribution in [1.29, 1.82) is 0 Å².